The number of piperazine rings is 1. The van der Waals surface area contributed by atoms with Crippen molar-refractivity contribution < 1.29 is 9.53 Å². The Balaban J connectivity index is 1.34. The van der Waals surface area contributed by atoms with Crippen LogP contribution >= 0.6 is 0 Å². The predicted molar refractivity (Wildman–Crippen MR) is 109 cm³/mol. The van der Waals surface area contributed by atoms with Gasteiger partial charge in [-0.3, -0.25) is 4.79 Å². The van der Waals surface area contributed by atoms with Crippen LogP contribution in [0.5, 0.6) is 5.75 Å². The first kappa shape index (κ1) is 18.5. The smallest absolute Gasteiger partial charge is 0.274 e. The Labute approximate surface area is 165 Å². The average molecular weight is 381 g/mol. The van der Waals surface area contributed by atoms with Crippen molar-refractivity contribution in [2.75, 3.05) is 56.2 Å². The molecule has 28 heavy (non-hydrogen) atoms. The Morgan fingerprint density at radius 1 is 0.821 bits per heavy atom. The summed E-state index contributed by atoms with van der Waals surface area (Å²) in [6.45, 7) is 5.01. The number of aromatic nitrogens is 2. The SMILES string of the molecule is COc1ccc(N2CCN(C(=O)c3ccc(N4CCCCC4)nn3)CC2)cc1. The number of nitrogens with zero attached hydrogens (tertiary/aromatic N) is 5. The van der Waals surface area contributed by atoms with E-state index in [0.717, 1.165) is 43.4 Å². The highest BCUT2D eigenvalue weighted by Crippen LogP contribution is 2.21. The Morgan fingerprint density at radius 2 is 1.54 bits per heavy atom. The zero-order chi connectivity index (χ0) is 19.3. The number of anilines is 2. The molecular weight excluding hydrogens is 354 g/mol. The quantitative estimate of drug-likeness (QED) is 0.811. The molecule has 3 heterocycles. The van der Waals surface area contributed by atoms with Crippen molar-refractivity contribution in [3.05, 3.63) is 42.1 Å². The molecule has 0 unspecified atom stereocenters. The summed E-state index contributed by atoms with van der Waals surface area (Å²) in [5.74, 6) is 1.69. The number of piperidine rings is 1. The van der Waals surface area contributed by atoms with E-state index in [1.807, 2.05) is 29.2 Å². The second-order valence-corrected chi connectivity index (χ2v) is 7.30. The lowest BCUT2D eigenvalue weighted by Gasteiger charge is -2.36. The molecule has 7 heteroatoms. The number of rotatable bonds is 4. The first-order valence-electron chi connectivity index (χ1n) is 10.0. The van der Waals surface area contributed by atoms with E-state index in [1.54, 1.807) is 7.11 Å². The van der Waals surface area contributed by atoms with Crippen molar-refractivity contribution in [3.63, 3.8) is 0 Å². The van der Waals surface area contributed by atoms with Gasteiger partial charge in [0.15, 0.2) is 11.5 Å². The van der Waals surface area contributed by atoms with Crippen LogP contribution in [0.25, 0.3) is 0 Å². The first-order valence-corrected chi connectivity index (χ1v) is 10.0. The lowest BCUT2D eigenvalue weighted by molar-refractivity contribution is 0.0739. The van der Waals surface area contributed by atoms with Crippen LogP contribution in [0, 0.1) is 0 Å². The van der Waals surface area contributed by atoms with Gasteiger partial charge in [-0.15, -0.1) is 10.2 Å². The number of methoxy groups -OCH3 is 1. The Morgan fingerprint density at radius 3 is 2.14 bits per heavy atom. The van der Waals surface area contributed by atoms with E-state index in [-0.39, 0.29) is 5.91 Å². The van der Waals surface area contributed by atoms with Crippen LogP contribution in [-0.4, -0.2) is 67.4 Å². The van der Waals surface area contributed by atoms with Gasteiger partial charge in [0, 0.05) is 45.0 Å². The van der Waals surface area contributed by atoms with Gasteiger partial charge in [-0.2, -0.15) is 0 Å². The van der Waals surface area contributed by atoms with Crippen molar-refractivity contribution in [2.45, 2.75) is 19.3 Å². The molecule has 0 aliphatic carbocycles. The van der Waals surface area contributed by atoms with Gasteiger partial charge in [-0.25, -0.2) is 0 Å². The average Bonchev–Trinajstić information content (AvgIpc) is 2.79. The first-order chi connectivity index (χ1) is 13.7. The normalized spacial score (nSPS) is 17.5. The third-order valence-corrected chi connectivity index (χ3v) is 5.55. The molecule has 7 nitrogen and oxygen atoms in total. The van der Waals surface area contributed by atoms with E-state index >= 15 is 0 Å². The molecule has 0 radical (unpaired) electrons. The number of hydrogen-bond acceptors (Lipinski definition) is 6. The van der Waals surface area contributed by atoms with Crippen LogP contribution in [0.4, 0.5) is 11.5 Å². The summed E-state index contributed by atoms with van der Waals surface area (Å²) in [4.78, 5) is 19.2. The molecule has 2 aliphatic heterocycles. The largest absolute Gasteiger partial charge is 0.497 e. The molecule has 2 fully saturated rings. The zero-order valence-corrected chi connectivity index (χ0v) is 16.4. The fraction of sp³-hybridized carbons (Fsp3) is 0.476. The second kappa shape index (κ2) is 8.46. The van der Waals surface area contributed by atoms with Crippen molar-refractivity contribution in [1.29, 1.82) is 0 Å². The minimum absolute atomic E-state index is 0.0351. The Hall–Kier alpha value is -2.83. The summed E-state index contributed by atoms with van der Waals surface area (Å²) in [5, 5.41) is 8.52. The maximum atomic E-state index is 12.8. The van der Waals surface area contributed by atoms with Gasteiger partial charge >= 0.3 is 0 Å². The molecule has 0 saturated carbocycles. The molecular formula is C21H27N5O2. The van der Waals surface area contributed by atoms with Crippen LogP contribution in [-0.2, 0) is 0 Å². The molecule has 2 aromatic rings. The summed E-state index contributed by atoms with van der Waals surface area (Å²) in [7, 11) is 1.67. The highest BCUT2D eigenvalue weighted by molar-refractivity contribution is 5.92. The molecule has 0 bridgehead atoms. The van der Waals surface area contributed by atoms with E-state index in [9.17, 15) is 4.79 Å². The third kappa shape index (κ3) is 4.03. The van der Waals surface area contributed by atoms with Crippen molar-refractivity contribution >= 4 is 17.4 Å². The van der Waals surface area contributed by atoms with Crippen LogP contribution in [0.3, 0.4) is 0 Å². The molecule has 1 amide bonds. The van der Waals surface area contributed by atoms with Gasteiger partial charge in [-0.05, 0) is 55.7 Å². The highest BCUT2D eigenvalue weighted by atomic mass is 16.5. The number of benzene rings is 1. The summed E-state index contributed by atoms with van der Waals surface area (Å²) < 4.78 is 5.21. The maximum absolute atomic E-state index is 12.8. The van der Waals surface area contributed by atoms with Crippen LogP contribution < -0.4 is 14.5 Å². The minimum Gasteiger partial charge on any atom is -0.497 e. The van der Waals surface area contributed by atoms with Gasteiger partial charge in [0.25, 0.3) is 5.91 Å². The van der Waals surface area contributed by atoms with Gasteiger partial charge in [0.05, 0.1) is 7.11 Å². The lowest BCUT2D eigenvalue weighted by atomic mass is 10.1. The molecule has 4 rings (SSSR count). The van der Waals surface area contributed by atoms with Gasteiger partial charge < -0.3 is 19.4 Å². The van der Waals surface area contributed by atoms with Crippen molar-refractivity contribution in [1.82, 2.24) is 15.1 Å². The molecule has 2 aliphatic rings. The van der Waals surface area contributed by atoms with Gasteiger partial charge in [0.2, 0.25) is 0 Å². The standard InChI is InChI=1S/C21H27N5O2/c1-28-18-7-5-17(6-8-18)24-13-15-26(16-14-24)21(27)19-9-10-20(23-22-19)25-11-3-2-4-12-25/h5-10H,2-4,11-16H2,1H3. The summed E-state index contributed by atoms with van der Waals surface area (Å²) in [6, 6.07) is 11.8. The molecule has 1 aromatic heterocycles. The maximum Gasteiger partial charge on any atom is 0.274 e. The van der Waals surface area contributed by atoms with Crippen molar-refractivity contribution in [2.24, 2.45) is 0 Å². The lowest BCUT2D eigenvalue weighted by Crippen LogP contribution is -2.49. The second-order valence-electron chi connectivity index (χ2n) is 7.30. The van der Waals surface area contributed by atoms with Crippen LogP contribution in [0.1, 0.15) is 29.8 Å². The summed E-state index contributed by atoms with van der Waals surface area (Å²) >= 11 is 0. The molecule has 0 N–H and O–H groups in total. The zero-order valence-electron chi connectivity index (χ0n) is 16.4. The van der Waals surface area contributed by atoms with Crippen molar-refractivity contribution in [3.8, 4) is 5.75 Å². The third-order valence-electron chi connectivity index (χ3n) is 5.55. The Kier molecular flexibility index (Phi) is 5.60. The fourth-order valence-corrected chi connectivity index (χ4v) is 3.85. The predicted octanol–water partition coefficient (Wildman–Crippen LogP) is 2.44. The van der Waals surface area contributed by atoms with E-state index < -0.39 is 0 Å². The number of ether oxygens (including phenoxy) is 1. The number of hydrogen-bond donors (Lipinski definition) is 0. The topological polar surface area (TPSA) is 61.8 Å². The summed E-state index contributed by atoms with van der Waals surface area (Å²) in [5.41, 5.74) is 1.58. The molecule has 1 aromatic carbocycles. The number of amides is 1. The monoisotopic (exact) mass is 381 g/mol. The van der Waals surface area contributed by atoms with Crippen LogP contribution in [0.15, 0.2) is 36.4 Å². The van der Waals surface area contributed by atoms with Crippen LogP contribution in [0.2, 0.25) is 0 Å². The number of carbonyl (C=O) groups excluding carboxylic acids is 1. The van der Waals surface area contributed by atoms with Gasteiger partial charge in [-0.1, -0.05) is 0 Å². The summed E-state index contributed by atoms with van der Waals surface area (Å²) in [6.07, 6.45) is 3.67. The molecule has 0 spiro atoms. The van der Waals surface area contributed by atoms with E-state index in [2.05, 4.69) is 32.1 Å². The van der Waals surface area contributed by atoms with E-state index in [0.29, 0.717) is 18.8 Å². The highest BCUT2D eigenvalue weighted by Gasteiger charge is 2.24. The van der Waals surface area contributed by atoms with Gasteiger partial charge in [0.1, 0.15) is 5.75 Å². The minimum atomic E-state index is -0.0351. The fourth-order valence-electron chi connectivity index (χ4n) is 3.85. The number of carbonyl (C=O) groups is 1. The molecule has 148 valence electrons. The molecule has 2 saturated heterocycles. The Bertz CT molecular complexity index is 779. The van der Waals surface area contributed by atoms with E-state index in [4.69, 9.17) is 4.74 Å². The molecule has 0 atom stereocenters. The van der Waals surface area contributed by atoms with E-state index in [1.165, 1.54) is 19.3 Å².